The molecular formula is C21H22N2O3S. The molecule has 0 aliphatic rings. The van der Waals surface area contributed by atoms with E-state index in [-0.39, 0.29) is 11.4 Å². The molecule has 0 bridgehead atoms. The predicted molar refractivity (Wildman–Crippen MR) is 104 cm³/mol. The van der Waals surface area contributed by atoms with Gasteiger partial charge < -0.3 is 4.74 Å². The minimum Gasteiger partial charge on any atom is -0.372 e. The van der Waals surface area contributed by atoms with E-state index in [9.17, 15) is 8.42 Å². The first-order chi connectivity index (χ1) is 13.0. The van der Waals surface area contributed by atoms with E-state index in [1.807, 2.05) is 54.6 Å². The molecule has 0 amide bonds. The Bertz CT molecular complexity index is 989. The number of hydrogen-bond acceptors (Lipinski definition) is 4. The highest BCUT2D eigenvalue weighted by Gasteiger charge is 2.16. The molecule has 27 heavy (non-hydrogen) atoms. The van der Waals surface area contributed by atoms with Crippen LogP contribution in [0.5, 0.6) is 0 Å². The van der Waals surface area contributed by atoms with E-state index in [1.54, 1.807) is 19.2 Å². The van der Waals surface area contributed by atoms with Crippen molar-refractivity contribution in [2.75, 3.05) is 0 Å². The van der Waals surface area contributed by atoms with Gasteiger partial charge in [0.05, 0.1) is 13.2 Å². The summed E-state index contributed by atoms with van der Waals surface area (Å²) in [6, 6.07) is 19.4. The second kappa shape index (κ2) is 8.90. The molecule has 1 aromatic heterocycles. The van der Waals surface area contributed by atoms with Crippen LogP contribution in [0.4, 0.5) is 0 Å². The van der Waals surface area contributed by atoms with Crippen molar-refractivity contribution in [3.8, 4) is 0 Å². The number of ether oxygens (including phenoxy) is 1. The molecule has 0 unspecified atom stereocenters. The summed E-state index contributed by atoms with van der Waals surface area (Å²) in [4.78, 5) is 4.11. The summed E-state index contributed by atoms with van der Waals surface area (Å²) in [6.45, 7) is 2.97. The molecule has 1 N–H and O–H groups in total. The fourth-order valence-corrected chi connectivity index (χ4v) is 3.88. The lowest BCUT2D eigenvalue weighted by atomic mass is 10.1. The van der Waals surface area contributed by atoms with Crippen molar-refractivity contribution >= 4 is 10.0 Å². The van der Waals surface area contributed by atoms with Gasteiger partial charge in [-0.2, -0.15) is 0 Å². The monoisotopic (exact) mass is 382 g/mol. The topological polar surface area (TPSA) is 68.3 Å². The number of sulfonamides is 1. The van der Waals surface area contributed by atoms with E-state index >= 15 is 0 Å². The van der Waals surface area contributed by atoms with Crippen LogP contribution in [-0.4, -0.2) is 13.4 Å². The first kappa shape index (κ1) is 19.2. The van der Waals surface area contributed by atoms with Gasteiger partial charge in [-0.3, -0.25) is 4.98 Å². The molecule has 5 nitrogen and oxygen atoms in total. The van der Waals surface area contributed by atoms with Crippen LogP contribution in [-0.2, 0) is 34.5 Å². The largest absolute Gasteiger partial charge is 0.372 e. The van der Waals surface area contributed by atoms with Crippen LogP contribution in [0.3, 0.4) is 0 Å². The molecule has 140 valence electrons. The molecule has 0 aliphatic heterocycles. The highest BCUT2D eigenvalue weighted by atomic mass is 32.2. The van der Waals surface area contributed by atoms with Crippen molar-refractivity contribution in [2.24, 2.45) is 0 Å². The van der Waals surface area contributed by atoms with Gasteiger partial charge in [-0.25, -0.2) is 13.1 Å². The number of nitrogens with one attached hydrogen (secondary N) is 1. The molecule has 1 heterocycles. The molecule has 0 saturated carbocycles. The number of nitrogens with zero attached hydrogens (tertiary/aromatic N) is 1. The maximum Gasteiger partial charge on any atom is 0.242 e. The van der Waals surface area contributed by atoms with E-state index in [2.05, 4.69) is 9.71 Å². The third-order valence-corrected chi connectivity index (χ3v) is 5.65. The molecule has 2 aromatic carbocycles. The highest BCUT2D eigenvalue weighted by molar-refractivity contribution is 7.89. The van der Waals surface area contributed by atoms with Crippen molar-refractivity contribution in [1.29, 1.82) is 0 Å². The van der Waals surface area contributed by atoms with Crippen molar-refractivity contribution in [3.63, 3.8) is 0 Å². The summed E-state index contributed by atoms with van der Waals surface area (Å²) in [5.41, 5.74) is 3.66. The van der Waals surface area contributed by atoms with Crippen LogP contribution >= 0.6 is 0 Å². The first-order valence-corrected chi connectivity index (χ1v) is 10.1. The Kier molecular flexibility index (Phi) is 6.34. The van der Waals surface area contributed by atoms with E-state index < -0.39 is 10.0 Å². The van der Waals surface area contributed by atoms with Crippen LogP contribution in [0.2, 0.25) is 0 Å². The van der Waals surface area contributed by atoms with E-state index in [1.165, 1.54) is 6.20 Å². The zero-order valence-electron chi connectivity index (χ0n) is 15.1. The average molecular weight is 382 g/mol. The van der Waals surface area contributed by atoms with Gasteiger partial charge in [0.15, 0.2) is 0 Å². The number of aryl methyl sites for hydroxylation is 1. The number of pyridine rings is 1. The van der Waals surface area contributed by atoms with Crippen LogP contribution in [0.15, 0.2) is 78.0 Å². The van der Waals surface area contributed by atoms with Crippen LogP contribution in [0, 0.1) is 6.92 Å². The lowest BCUT2D eigenvalue weighted by Crippen LogP contribution is -2.24. The molecule has 0 aliphatic carbocycles. The van der Waals surface area contributed by atoms with Crippen molar-refractivity contribution in [2.45, 2.75) is 31.6 Å². The molecule has 6 heteroatoms. The zero-order valence-corrected chi connectivity index (χ0v) is 15.9. The predicted octanol–water partition coefficient (Wildman–Crippen LogP) is 3.59. The van der Waals surface area contributed by atoms with Crippen LogP contribution < -0.4 is 4.72 Å². The van der Waals surface area contributed by atoms with E-state index in [0.717, 1.165) is 16.7 Å². The summed E-state index contributed by atoms with van der Waals surface area (Å²) >= 11 is 0. The molecule has 0 fully saturated rings. The van der Waals surface area contributed by atoms with Gasteiger partial charge in [-0.1, -0.05) is 54.6 Å². The second-order valence-electron chi connectivity index (χ2n) is 6.26. The van der Waals surface area contributed by atoms with Gasteiger partial charge in [0.1, 0.15) is 4.90 Å². The first-order valence-electron chi connectivity index (χ1n) is 8.64. The Hall–Kier alpha value is -2.54. The molecule has 3 aromatic rings. The van der Waals surface area contributed by atoms with E-state index in [0.29, 0.717) is 18.8 Å². The smallest absolute Gasteiger partial charge is 0.242 e. The number of rotatable bonds is 8. The fourth-order valence-electron chi connectivity index (χ4n) is 2.68. The Balaban J connectivity index is 1.58. The average Bonchev–Trinajstić information content (AvgIpc) is 2.68. The molecule has 0 radical (unpaired) electrons. The summed E-state index contributed by atoms with van der Waals surface area (Å²) in [5.74, 6) is 0. The molecule has 0 spiro atoms. The van der Waals surface area contributed by atoms with Gasteiger partial charge >= 0.3 is 0 Å². The molecule has 0 atom stereocenters. The van der Waals surface area contributed by atoms with Crippen LogP contribution in [0.1, 0.15) is 22.3 Å². The maximum absolute atomic E-state index is 12.5. The highest BCUT2D eigenvalue weighted by Crippen LogP contribution is 2.14. The lowest BCUT2D eigenvalue weighted by Gasteiger charge is -2.10. The van der Waals surface area contributed by atoms with E-state index in [4.69, 9.17) is 4.74 Å². The third kappa shape index (κ3) is 5.47. The number of hydrogen-bond donors (Lipinski definition) is 1. The van der Waals surface area contributed by atoms with Gasteiger partial charge in [0.2, 0.25) is 10.0 Å². The SMILES string of the molecule is Cc1ccncc1S(=O)(=O)NCc1cccc(COCc2ccccc2)c1. The summed E-state index contributed by atoms with van der Waals surface area (Å²) in [7, 11) is -3.60. The molecular weight excluding hydrogens is 360 g/mol. The summed E-state index contributed by atoms with van der Waals surface area (Å²) < 4.78 is 33.3. The summed E-state index contributed by atoms with van der Waals surface area (Å²) in [6.07, 6.45) is 2.94. The Morgan fingerprint density at radius 1 is 0.926 bits per heavy atom. The van der Waals surface area contributed by atoms with Crippen molar-refractivity contribution < 1.29 is 13.2 Å². The zero-order chi connectivity index (χ0) is 19.1. The standard InChI is InChI=1S/C21H22N2O3S/c1-17-10-11-22-14-21(17)27(24,25)23-13-19-8-5-9-20(12-19)16-26-15-18-6-3-2-4-7-18/h2-12,14,23H,13,15-16H2,1H3. The van der Waals surface area contributed by atoms with Crippen molar-refractivity contribution in [1.82, 2.24) is 9.71 Å². The van der Waals surface area contributed by atoms with Gasteiger partial charge in [0.25, 0.3) is 0 Å². The van der Waals surface area contributed by atoms with Gasteiger partial charge in [-0.15, -0.1) is 0 Å². The minimum atomic E-state index is -3.60. The molecule has 3 rings (SSSR count). The Morgan fingerprint density at radius 2 is 1.63 bits per heavy atom. The van der Waals surface area contributed by atoms with Gasteiger partial charge in [0, 0.05) is 18.9 Å². The fraction of sp³-hybridized carbons (Fsp3) is 0.190. The third-order valence-electron chi connectivity index (χ3n) is 4.12. The van der Waals surface area contributed by atoms with Crippen molar-refractivity contribution in [3.05, 3.63) is 95.3 Å². The number of aromatic nitrogens is 1. The molecule has 0 saturated heterocycles. The minimum absolute atomic E-state index is 0.201. The normalized spacial score (nSPS) is 11.4. The Morgan fingerprint density at radius 3 is 2.41 bits per heavy atom. The second-order valence-corrected chi connectivity index (χ2v) is 8.00. The number of benzene rings is 2. The van der Waals surface area contributed by atoms with Gasteiger partial charge in [-0.05, 0) is 35.2 Å². The summed E-state index contributed by atoms with van der Waals surface area (Å²) in [5, 5.41) is 0. The van der Waals surface area contributed by atoms with Crippen LogP contribution in [0.25, 0.3) is 0 Å². The Labute approximate surface area is 160 Å². The lowest BCUT2D eigenvalue weighted by molar-refractivity contribution is 0.107. The maximum atomic E-state index is 12.5. The quantitative estimate of drug-likeness (QED) is 0.646.